The van der Waals surface area contributed by atoms with Gasteiger partial charge in [-0.25, -0.2) is 4.68 Å². The number of phenols is 1. The van der Waals surface area contributed by atoms with Gasteiger partial charge in [-0.3, -0.25) is 10.8 Å². The zero-order valence-corrected chi connectivity index (χ0v) is 15.6. The zero-order chi connectivity index (χ0) is 20.1. The number of aromatic hydroxyl groups is 1. The number of nitrogens with one attached hydrogen (secondary N) is 2. The fourth-order valence-electron chi connectivity index (χ4n) is 2.65. The van der Waals surface area contributed by atoms with E-state index in [0.717, 1.165) is 5.56 Å². The SMILES string of the molecule is CCOC(=N)c1cccc(-c2cn(-c3ccc(C(=N)OCC)cc3O)nn2)c1. The van der Waals surface area contributed by atoms with Crippen LogP contribution in [0.2, 0.25) is 0 Å². The number of aromatic nitrogens is 3. The Kier molecular flexibility index (Phi) is 5.69. The summed E-state index contributed by atoms with van der Waals surface area (Å²) in [4.78, 5) is 0. The number of phenolic OH excluding ortho intramolecular Hbond substituents is 1. The van der Waals surface area contributed by atoms with E-state index in [9.17, 15) is 5.11 Å². The molecule has 0 aliphatic carbocycles. The summed E-state index contributed by atoms with van der Waals surface area (Å²) >= 11 is 0. The molecule has 3 rings (SSSR count). The van der Waals surface area contributed by atoms with Gasteiger partial charge in [0.25, 0.3) is 0 Å². The van der Waals surface area contributed by atoms with Crippen LogP contribution < -0.4 is 0 Å². The number of hydrogen-bond donors (Lipinski definition) is 3. The molecule has 0 bridgehead atoms. The molecule has 0 atom stereocenters. The van der Waals surface area contributed by atoms with Gasteiger partial charge in [0.1, 0.15) is 17.1 Å². The highest BCUT2D eigenvalue weighted by Crippen LogP contribution is 2.25. The first-order chi connectivity index (χ1) is 13.5. The Morgan fingerprint density at radius 1 is 1.00 bits per heavy atom. The third kappa shape index (κ3) is 4.01. The number of benzene rings is 2. The van der Waals surface area contributed by atoms with E-state index in [0.29, 0.717) is 35.7 Å². The molecular formula is C20H21N5O3. The Bertz CT molecular complexity index is 1010. The lowest BCUT2D eigenvalue weighted by atomic mass is 10.1. The molecule has 1 aromatic heterocycles. The summed E-state index contributed by atoms with van der Waals surface area (Å²) in [7, 11) is 0. The van der Waals surface area contributed by atoms with E-state index >= 15 is 0 Å². The lowest BCUT2D eigenvalue weighted by Crippen LogP contribution is -2.05. The Morgan fingerprint density at radius 2 is 1.68 bits per heavy atom. The van der Waals surface area contributed by atoms with Crippen molar-refractivity contribution in [1.82, 2.24) is 15.0 Å². The predicted molar refractivity (Wildman–Crippen MR) is 105 cm³/mol. The van der Waals surface area contributed by atoms with E-state index in [2.05, 4.69) is 10.3 Å². The molecule has 144 valence electrons. The molecule has 1 heterocycles. The first-order valence-electron chi connectivity index (χ1n) is 8.83. The second-order valence-electron chi connectivity index (χ2n) is 5.86. The summed E-state index contributed by atoms with van der Waals surface area (Å²) in [6.07, 6.45) is 1.69. The third-order valence-corrected chi connectivity index (χ3v) is 3.98. The van der Waals surface area contributed by atoms with Gasteiger partial charge in [-0.15, -0.1) is 5.10 Å². The topological polar surface area (TPSA) is 117 Å². The summed E-state index contributed by atoms with van der Waals surface area (Å²) in [6, 6.07) is 12.1. The van der Waals surface area contributed by atoms with Gasteiger partial charge in [0.15, 0.2) is 0 Å². The molecule has 0 aliphatic heterocycles. The summed E-state index contributed by atoms with van der Waals surface area (Å²) < 4.78 is 11.8. The minimum atomic E-state index is -0.0368. The molecular weight excluding hydrogens is 358 g/mol. The fraction of sp³-hybridized carbons (Fsp3) is 0.200. The summed E-state index contributed by atoms with van der Waals surface area (Å²) in [5.41, 5.74) is 2.94. The highest BCUT2D eigenvalue weighted by molar-refractivity contribution is 5.93. The number of rotatable bonds is 6. The first-order valence-corrected chi connectivity index (χ1v) is 8.83. The molecule has 3 N–H and O–H groups in total. The van der Waals surface area contributed by atoms with E-state index in [1.54, 1.807) is 37.4 Å². The maximum atomic E-state index is 10.3. The highest BCUT2D eigenvalue weighted by Gasteiger charge is 2.12. The Hall–Kier alpha value is -3.68. The molecule has 28 heavy (non-hydrogen) atoms. The summed E-state index contributed by atoms with van der Waals surface area (Å²) in [6.45, 7) is 4.44. The second-order valence-corrected chi connectivity index (χ2v) is 5.86. The van der Waals surface area contributed by atoms with Gasteiger partial charge >= 0.3 is 0 Å². The van der Waals surface area contributed by atoms with Gasteiger partial charge in [0.2, 0.25) is 11.8 Å². The Balaban J connectivity index is 1.88. The van der Waals surface area contributed by atoms with E-state index in [1.165, 1.54) is 10.7 Å². The normalized spacial score (nSPS) is 10.5. The first kappa shape index (κ1) is 19.1. The average Bonchev–Trinajstić information content (AvgIpc) is 3.18. The monoisotopic (exact) mass is 379 g/mol. The highest BCUT2D eigenvalue weighted by atomic mass is 16.5. The molecule has 8 heteroatoms. The summed E-state index contributed by atoms with van der Waals surface area (Å²) in [5, 5.41) is 34.3. The third-order valence-electron chi connectivity index (χ3n) is 3.98. The molecule has 0 radical (unpaired) electrons. The maximum absolute atomic E-state index is 10.3. The van der Waals surface area contributed by atoms with Crippen LogP contribution in [0.1, 0.15) is 25.0 Å². The molecule has 0 spiro atoms. The van der Waals surface area contributed by atoms with Crippen molar-refractivity contribution in [3.05, 3.63) is 59.8 Å². The standard InChI is InChI=1S/C20H21N5O3/c1-3-27-19(21)14-7-5-6-13(10-14)16-12-25(24-23-16)17-9-8-15(11-18(17)26)20(22)28-4-2/h5-12,21-22,26H,3-4H2,1-2H3. The lowest BCUT2D eigenvalue weighted by molar-refractivity contribution is 0.325. The molecule has 0 saturated heterocycles. The molecule has 3 aromatic rings. The van der Waals surface area contributed by atoms with Crippen molar-refractivity contribution in [2.45, 2.75) is 13.8 Å². The largest absolute Gasteiger partial charge is 0.506 e. The van der Waals surface area contributed by atoms with Crippen molar-refractivity contribution in [1.29, 1.82) is 10.8 Å². The average molecular weight is 379 g/mol. The summed E-state index contributed by atoms with van der Waals surface area (Å²) in [5.74, 6) is 0.0594. The van der Waals surface area contributed by atoms with Crippen molar-refractivity contribution >= 4 is 11.8 Å². The molecule has 0 fully saturated rings. The van der Waals surface area contributed by atoms with Crippen LogP contribution in [-0.2, 0) is 9.47 Å². The van der Waals surface area contributed by atoms with Gasteiger partial charge in [-0.2, -0.15) is 0 Å². The predicted octanol–water partition coefficient (Wildman–Crippen LogP) is 3.36. The van der Waals surface area contributed by atoms with Crippen LogP contribution in [0.15, 0.2) is 48.7 Å². The molecule has 0 amide bonds. The van der Waals surface area contributed by atoms with Gasteiger partial charge in [-0.1, -0.05) is 17.3 Å². The van der Waals surface area contributed by atoms with Gasteiger partial charge in [0, 0.05) is 16.7 Å². The van der Waals surface area contributed by atoms with Crippen LogP contribution in [0.25, 0.3) is 16.9 Å². The minimum Gasteiger partial charge on any atom is -0.506 e. The maximum Gasteiger partial charge on any atom is 0.213 e. The number of hydrogen-bond acceptors (Lipinski definition) is 7. The zero-order valence-electron chi connectivity index (χ0n) is 15.6. The van der Waals surface area contributed by atoms with Crippen molar-refractivity contribution in [2.75, 3.05) is 13.2 Å². The van der Waals surface area contributed by atoms with Crippen molar-refractivity contribution in [3.8, 4) is 22.7 Å². The van der Waals surface area contributed by atoms with Crippen LogP contribution in [-0.4, -0.2) is 45.1 Å². The minimum absolute atomic E-state index is 0.00260. The van der Waals surface area contributed by atoms with Gasteiger partial charge in [-0.05, 0) is 44.2 Å². The van der Waals surface area contributed by atoms with Crippen LogP contribution >= 0.6 is 0 Å². The smallest absolute Gasteiger partial charge is 0.213 e. The van der Waals surface area contributed by atoms with Crippen LogP contribution in [0.5, 0.6) is 5.75 Å². The molecule has 0 aliphatic rings. The van der Waals surface area contributed by atoms with Crippen LogP contribution in [0.4, 0.5) is 0 Å². The van der Waals surface area contributed by atoms with Crippen molar-refractivity contribution < 1.29 is 14.6 Å². The van der Waals surface area contributed by atoms with Crippen LogP contribution in [0.3, 0.4) is 0 Å². The molecule has 0 unspecified atom stereocenters. The van der Waals surface area contributed by atoms with Crippen LogP contribution in [0, 0.1) is 10.8 Å². The van der Waals surface area contributed by atoms with Crippen molar-refractivity contribution in [2.24, 2.45) is 0 Å². The molecule has 2 aromatic carbocycles. The van der Waals surface area contributed by atoms with Gasteiger partial charge in [0.05, 0.1) is 19.4 Å². The number of nitrogens with zero attached hydrogens (tertiary/aromatic N) is 3. The van der Waals surface area contributed by atoms with Gasteiger partial charge < -0.3 is 14.6 Å². The quantitative estimate of drug-likeness (QED) is 0.448. The van der Waals surface area contributed by atoms with E-state index < -0.39 is 0 Å². The van der Waals surface area contributed by atoms with E-state index in [-0.39, 0.29) is 17.5 Å². The lowest BCUT2D eigenvalue weighted by Gasteiger charge is -2.08. The molecule has 8 nitrogen and oxygen atoms in total. The van der Waals surface area contributed by atoms with E-state index in [4.69, 9.17) is 20.3 Å². The fourth-order valence-corrected chi connectivity index (χ4v) is 2.65. The molecule has 0 saturated carbocycles. The Morgan fingerprint density at radius 3 is 2.32 bits per heavy atom. The van der Waals surface area contributed by atoms with Crippen molar-refractivity contribution in [3.63, 3.8) is 0 Å². The second kappa shape index (κ2) is 8.34. The van der Waals surface area contributed by atoms with E-state index in [1.807, 2.05) is 19.1 Å². The number of ether oxygens (including phenoxy) is 2. The Labute approximate surface area is 162 Å².